The lowest BCUT2D eigenvalue weighted by Crippen LogP contribution is -2.48. The molecule has 0 saturated carbocycles. The van der Waals surface area contributed by atoms with Gasteiger partial charge in [0.25, 0.3) is 0 Å². The van der Waals surface area contributed by atoms with Gasteiger partial charge in [0, 0.05) is 13.0 Å². The topological polar surface area (TPSA) is 32.3 Å². The minimum atomic E-state index is -4.28. The van der Waals surface area contributed by atoms with Gasteiger partial charge in [0.15, 0.2) is 0 Å². The molecule has 1 saturated heterocycles. The molecule has 1 aliphatic heterocycles. The molecule has 0 aromatic rings. The lowest BCUT2D eigenvalue weighted by molar-refractivity contribution is -0.183. The highest BCUT2D eigenvalue weighted by Gasteiger charge is 2.42. The van der Waals surface area contributed by atoms with Crippen LogP contribution in [0.15, 0.2) is 0 Å². The maximum absolute atomic E-state index is 12.0. The lowest BCUT2D eigenvalue weighted by Gasteiger charge is -2.25. The van der Waals surface area contributed by atoms with E-state index in [1.165, 1.54) is 0 Å². The van der Waals surface area contributed by atoms with Crippen LogP contribution in [-0.4, -0.2) is 29.7 Å². The number of hydrogen-bond donors (Lipinski definition) is 1. The number of alkyl halides is 3. The van der Waals surface area contributed by atoms with Crippen molar-refractivity contribution in [2.45, 2.75) is 25.6 Å². The fourth-order valence-electron chi connectivity index (χ4n) is 0.961. The molecule has 0 aromatic carbocycles. The lowest BCUT2D eigenvalue weighted by atomic mass is 10.3. The van der Waals surface area contributed by atoms with Gasteiger partial charge in [0.1, 0.15) is 6.04 Å². The Morgan fingerprint density at radius 3 is 2.50 bits per heavy atom. The summed E-state index contributed by atoms with van der Waals surface area (Å²) in [4.78, 5) is 10.6. The standard InChI is InChI=1S/C6H9F3N2O/c1-4(6(7,8)9)11-3-2-5(12)10-11/h4H,2-3H2,1H3,(H,10,12). The van der Waals surface area contributed by atoms with Gasteiger partial charge < -0.3 is 0 Å². The van der Waals surface area contributed by atoms with E-state index in [1.54, 1.807) is 0 Å². The van der Waals surface area contributed by atoms with Gasteiger partial charge >= 0.3 is 6.18 Å². The Hall–Kier alpha value is -0.780. The number of rotatable bonds is 1. The number of carbonyl (C=O) groups excluding carboxylic acids is 1. The van der Waals surface area contributed by atoms with Gasteiger partial charge in [0.2, 0.25) is 5.91 Å². The predicted octanol–water partition coefficient (Wildman–Crippen LogP) is 0.674. The Kier molecular flexibility index (Phi) is 2.27. The van der Waals surface area contributed by atoms with Crippen LogP contribution in [0, 0.1) is 0 Å². The molecular formula is C6H9F3N2O. The minimum Gasteiger partial charge on any atom is -0.288 e. The average molecular weight is 182 g/mol. The second-order valence-electron chi connectivity index (χ2n) is 2.70. The number of carbonyl (C=O) groups is 1. The van der Waals surface area contributed by atoms with Crippen LogP contribution in [0.5, 0.6) is 0 Å². The Labute approximate surface area is 67.5 Å². The Morgan fingerprint density at radius 2 is 2.17 bits per heavy atom. The molecule has 0 aromatic heterocycles. The molecule has 12 heavy (non-hydrogen) atoms. The SMILES string of the molecule is CC(N1CCC(=O)N1)C(F)(F)F. The van der Waals surface area contributed by atoms with Gasteiger partial charge in [-0.05, 0) is 6.92 Å². The van der Waals surface area contributed by atoms with E-state index < -0.39 is 12.2 Å². The molecule has 1 rings (SSSR count). The summed E-state index contributed by atoms with van der Waals surface area (Å²) in [5.74, 6) is -0.355. The molecule has 70 valence electrons. The van der Waals surface area contributed by atoms with Crippen molar-refractivity contribution >= 4 is 5.91 Å². The Morgan fingerprint density at radius 1 is 1.58 bits per heavy atom. The molecule has 1 fully saturated rings. The molecule has 1 N–H and O–H groups in total. The fourth-order valence-corrected chi connectivity index (χ4v) is 0.961. The number of halogens is 3. The second-order valence-corrected chi connectivity index (χ2v) is 2.70. The predicted molar refractivity (Wildman–Crippen MR) is 35.0 cm³/mol. The zero-order chi connectivity index (χ0) is 9.35. The van der Waals surface area contributed by atoms with Crippen LogP contribution in [-0.2, 0) is 4.79 Å². The monoisotopic (exact) mass is 182 g/mol. The van der Waals surface area contributed by atoms with Crippen LogP contribution >= 0.6 is 0 Å². The number of nitrogens with zero attached hydrogens (tertiary/aromatic N) is 1. The van der Waals surface area contributed by atoms with Gasteiger partial charge in [-0.25, -0.2) is 5.01 Å². The van der Waals surface area contributed by atoms with Crippen molar-refractivity contribution in [2.75, 3.05) is 6.54 Å². The molecule has 1 amide bonds. The van der Waals surface area contributed by atoms with Crippen LogP contribution in [0.1, 0.15) is 13.3 Å². The van der Waals surface area contributed by atoms with Crippen LogP contribution in [0.25, 0.3) is 0 Å². The number of hydrogen-bond acceptors (Lipinski definition) is 2. The summed E-state index contributed by atoms with van der Waals surface area (Å²) in [6.07, 6.45) is -4.14. The quantitative estimate of drug-likeness (QED) is 0.646. The normalized spacial score (nSPS) is 22.5. The summed E-state index contributed by atoms with van der Waals surface area (Å²) in [6, 6.07) is -1.61. The van der Waals surface area contributed by atoms with E-state index >= 15 is 0 Å². The van der Waals surface area contributed by atoms with Gasteiger partial charge in [-0.2, -0.15) is 13.2 Å². The minimum absolute atomic E-state index is 0.125. The van der Waals surface area contributed by atoms with Crippen molar-refractivity contribution in [3.8, 4) is 0 Å². The first-order valence-electron chi connectivity index (χ1n) is 3.54. The highest BCUT2D eigenvalue weighted by atomic mass is 19.4. The van der Waals surface area contributed by atoms with E-state index in [0.717, 1.165) is 11.9 Å². The third-order valence-corrected chi connectivity index (χ3v) is 1.79. The Balaban J connectivity index is 2.54. The molecule has 0 spiro atoms. The zero-order valence-corrected chi connectivity index (χ0v) is 6.48. The molecule has 0 radical (unpaired) electrons. The average Bonchev–Trinajstić information content (AvgIpc) is 2.32. The smallest absolute Gasteiger partial charge is 0.288 e. The van der Waals surface area contributed by atoms with Crippen LogP contribution in [0.3, 0.4) is 0 Å². The summed E-state index contributed by atoms with van der Waals surface area (Å²) in [5.41, 5.74) is 2.13. The summed E-state index contributed by atoms with van der Waals surface area (Å²) in [5, 5.41) is 0.905. The van der Waals surface area contributed by atoms with E-state index in [0.29, 0.717) is 0 Å². The molecule has 1 heterocycles. The third-order valence-electron chi connectivity index (χ3n) is 1.79. The zero-order valence-electron chi connectivity index (χ0n) is 6.48. The molecule has 6 heteroatoms. The van der Waals surface area contributed by atoms with Gasteiger partial charge in [-0.3, -0.25) is 10.2 Å². The summed E-state index contributed by atoms with van der Waals surface area (Å²) in [7, 11) is 0. The van der Waals surface area contributed by atoms with E-state index in [2.05, 4.69) is 5.43 Å². The van der Waals surface area contributed by atoms with E-state index in [1.807, 2.05) is 0 Å². The first kappa shape index (κ1) is 9.31. The highest BCUT2D eigenvalue weighted by molar-refractivity contribution is 5.77. The van der Waals surface area contributed by atoms with Crippen LogP contribution < -0.4 is 5.43 Å². The largest absolute Gasteiger partial charge is 0.405 e. The third kappa shape index (κ3) is 1.88. The van der Waals surface area contributed by atoms with E-state index in [-0.39, 0.29) is 18.9 Å². The van der Waals surface area contributed by atoms with Crippen molar-refractivity contribution < 1.29 is 18.0 Å². The first-order valence-corrected chi connectivity index (χ1v) is 3.54. The molecule has 3 nitrogen and oxygen atoms in total. The first-order chi connectivity index (χ1) is 5.41. The molecule has 1 aliphatic rings. The molecular weight excluding hydrogens is 173 g/mol. The maximum atomic E-state index is 12.0. The number of nitrogens with one attached hydrogen (secondary N) is 1. The Bertz CT molecular complexity index is 192. The van der Waals surface area contributed by atoms with Crippen molar-refractivity contribution in [1.29, 1.82) is 0 Å². The van der Waals surface area contributed by atoms with Crippen LogP contribution in [0.4, 0.5) is 13.2 Å². The fraction of sp³-hybridized carbons (Fsp3) is 0.833. The van der Waals surface area contributed by atoms with Crippen molar-refractivity contribution in [3.05, 3.63) is 0 Å². The maximum Gasteiger partial charge on any atom is 0.405 e. The number of hydrazine groups is 1. The van der Waals surface area contributed by atoms with Crippen molar-refractivity contribution in [2.24, 2.45) is 0 Å². The van der Waals surface area contributed by atoms with E-state index in [9.17, 15) is 18.0 Å². The summed E-state index contributed by atoms with van der Waals surface area (Å²) in [6.45, 7) is 1.14. The van der Waals surface area contributed by atoms with Gasteiger partial charge in [0.05, 0.1) is 0 Å². The van der Waals surface area contributed by atoms with Crippen LogP contribution in [0.2, 0.25) is 0 Å². The summed E-state index contributed by atoms with van der Waals surface area (Å²) >= 11 is 0. The van der Waals surface area contributed by atoms with Gasteiger partial charge in [-0.1, -0.05) is 0 Å². The van der Waals surface area contributed by atoms with Crippen molar-refractivity contribution in [1.82, 2.24) is 10.4 Å². The molecule has 0 bridgehead atoms. The van der Waals surface area contributed by atoms with Crippen molar-refractivity contribution in [3.63, 3.8) is 0 Å². The van der Waals surface area contributed by atoms with Gasteiger partial charge in [-0.15, -0.1) is 0 Å². The molecule has 0 aliphatic carbocycles. The number of amides is 1. The molecule has 1 unspecified atom stereocenters. The van der Waals surface area contributed by atoms with E-state index in [4.69, 9.17) is 0 Å². The molecule has 1 atom stereocenters. The summed E-state index contributed by atoms with van der Waals surface area (Å²) < 4.78 is 36.1. The second kappa shape index (κ2) is 2.93. The highest BCUT2D eigenvalue weighted by Crippen LogP contribution is 2.24.